The Balaban J connectivity index is 2.09. The van der Waals surface area contributed by atoms with E-state index in [-0.39, 0.29) is 0 Å². The average molecular weight is 268 g/mol. The summed E-state index contributed by atoms with van der Waals surface area (Å²) in [4.78, 5) is 0. The van der Waals surface area contributed by atoms with E-state index in [1.165, 1.54) is 18.2 Å². The first kappa shape index (κ1) is 11.8. The van der Waals surface area contributed by atoms with Crippen LogP contribution in [0, 0.1) is 5.92 Å². The van der Waals surface area contributed by atoms with E-state index in [9.17, 15) is 0 Å². The van der Waals surface area contributed by atoms with Gasteiger partial charge in [0.1, 0.15) is 0 Å². The van der Waals surface area contributed by atoms with E-state index in [4.69, 9.17) is 0 Å². The standard InChI is InChI=1S/C18H20S/c1-4-17-11-14-9-5-7-13-8-6-10-15(16(13)14)18(17,19-17)12(2)3/h5-10,12H,4,11H2,1-3H3. The fourth-order valence-corrected chi connectivity index (χ4v) is 6.36. The van der Waals surface area contributed by atoms with E-state index in [2.05, 4.69) is 68.9 Å². The van der Waals surface area contributed by atoms with Gasteiger partial charge < -0.3 is 0 Å². The number of rotatable bonds is 2. The minimum Gasteiger partial charge on any atom is -0.140 e. The minimum atomic E-state index is 0.371. The van der Waals surface area contributed by atoms with Crippen molar-refractivity contribution in [2.24, 2.45) is 5.92 Å². The number of hydrogen-bond donors (Lipinski definition) is 0. The number of benzene rings is 2. The van der Waals surface area contributed by atoms with Crippen LogP contribution in [0.1, 0.15) is 38.3 Å². The molecular formula is C18H20S. The van der Waals surface area contributed by atoms with Crippen molar-refractivity contribution in [3.05, 3.63) is 47.5 Å². The maximum Gasteiger partial charge on any atom is 0.0593 e. The molecule has 0 radical (unpaired) electrons. The van der Waals surface area contributed by atoms with Crippen molar-refractivity contribution in [2.45, 2.75) is 43.1 Å². The number of thioether (sulfide) groups is 1. The molecule has 1 saturated heterocycles. The molecule has 98 valence electrons. The summed E-state index contributed by atoms with van der Waals surface area (Å²) in [6, 6.07) is 13.7. The molecule has 1 heteroatoms. The monoisotopic (exact) mass is 268 g/mol. The van der Waals surface area contributed by atoms with Gasteiger partial charge in [-0.1, -0.05) is 57.2 Å². The summed E-state index contributed by atoms with van der Waals surface area (Å²) in [7, 11) is 0. The first-order chi connectivity index (χ1) is 9.14. The fraction of sp³-hybridized carbons (Fsp3) is 0.444. The molecule has 1 aliphatic heterocycles. The zero-order chi connectivity index (χ0) is 13.3. The second-order valence-corrected chi connectivity index (χ2v) is 7.97. The van der Waals surface area contributed by atoms with Crippen LogP contribution < -0.4 is 0 Å². The van der Waals surface area contributed by atoms with Crippen molar-refractivity contribution in [1.82, 2.24) is 0 Å². The average Bonchev–Trinajstić information content (AvgIpc) is 3.11. The van der Waals surface area contributed by atoms with E-state index >= 15 is 0 Å². The van der Waals surface area contributed by atoms with Crippen LogP contribution in [0.4, 0.5) is 0 Å². The van der Waals surface area contributed by atoms with E-state index in [0.717, 1.165) is 0 Å². The Morgan fingerprint density at radius 1 is 1.16 bits per heavy atom. The quantitative estimate of drug-likeness (QED) is 0.679. The molecule has 19 heavy (non-hydrogen) atoms. The second kappa shape index (κ2) is 3.58. The van der Waals surface area contributed by atoms with E-state index < -0.39 is 0 Å². The summed E-state index contributed by atoms with van der Waals surface area (Å²) < 4.78 is 0.833. The molecule has 0 spiro atoms. The Morgan fingerprint density at radius 3 is 2.58 bits per heavy atom. The Morgan fingerprint density at radius 2 is 1.89 bits per heavy atom. The molecule has 2 aromatic rings. The largest absolute Gasteiger partial charge is 0.140 e. The van der Waals surface area contributed by atoms with Crippen molar-refractivity contribution in [2.75, 3.05) is 0 Å². The lowest BCUT2D eigenvalue weighted by Crippen LogP contribution is -2.33. The highest BCUT2D eigenvalue weighted by Crippen LogP contribution is 2.78. The maximum absolute atomic E-state index is 2.40. The molecule has 1 aliphatic carbocycles. The third-order valence-corrected chi connectivity index (χ3v) is 7.59. The molecular weight excluding hydrogens is 248 g/mol. The molecule has 0 amide bonds. The normalized spacial score (nSPS) is 31.6. The third-order valence-electron chi connectivity index (χ3n) is 5.24. The highest BCUT2D eigenvalue weighted by atomic mass is 32.2. The molecule has 2 aromatic carbocycles. The topological polar surface area (TPSA) is 0 Å². The van der Waals surface area contributed by atoms with Crippen molar-refractivity contribution in [3.63, 3.8) is 0 Å². The van der Waals surface area contributed by atoms with E-state index in [1.54, 1.807) is 16.5 Å². The fourth-order valence-electron chi connectivity index (χ4n) is 4.35. The number of hydrogen-bond acceptors (Lipinski definition) is 1. The van der Waals surface area contributed by atoms with Crippen LogP contribution in [0.2, 0.25) is 0 Å². The van der Waals surface area contributed by atoms with E-state index in [1.807, 2.05) is 0 Å². The van der Waals surface area contributed by atoms with Crippen LogP contribution in [0.5, 0.6) is 0 Å². The second-order valence-electron chi connectivity index (χ2n) is 6.34. The Bertz CT molecular complexity index is 667. The molecule has 0 bridgehead atoms. The lowest BCUT2D eigenvalue weighted by Gasteiger charge is -2.33. The van der Waals surface area contributed by atoms with Gasteiger partial charge in [0.25, 0.3) is 0 Å². The van der Waals surface area contributed by atoms with Gasteiger partial charge in [0.15, 0.2) is 0 Å². The van der Waals surface area contributed by atoms with Gasteiger partial charge in [-0.15, -0.1) is 11.8 Å². The van der Waals surface area contributed by atoms with Gasteiger partial charge in [0.2, 0.25) is 0 Å². The third kappa shape index (κ3) is 1.23. The highest BCUT2D eigenvalue weighted by Gasteiger charge is 2.71. The molecule has 4 rings (SSSR count). The molecule has 0 nitrogen and oxygen atoms in total. The molecule has 0 N–H and O–H groups in total. The van der Waals surface area contributed by atoms with Gasteiger partial charge in [-0.2, -0.15) is 0 Å². The molecule has 0 aromatic heterocycles. The SMILES string of the molecule is CCC12Cc3cccc4cccc(c34)C1(C(C)C)S2. The van der Waals surface area contributed by atoms with Crippen LogP contribution in [-0.4, -0.2) is 4.75 Å². The van der Waals surface area contributed by atoms with Gasteiger partial charge >= 0.3 is 0 Å². The maximum atomic E-state index is 2.40. The predicted molar refractivity (Wildman–Crippen MR) is 84.8 cm³/mol. The van der Waals surface area contributed by atoms with Crippen molar-refractivity contribution < 1.29 is 0 Å². The zero-order valence-electron chi connectivity index (χ0n) is 11.9. The van der Waals surface area contributed by atoms with Crippen LogP contribution in [0.15, 0.2) is 36.4 Å². The summed E-state index contributed by atoms with van der Waals surface area (Å²) in [5.41, 5.74) is 3.17. The molecule has 2 atom stereocenters. The first-order valence-electron chi connectivity index (χ1n) is 7.36. The van der Waals surface area contributed by atoms with Gasteiger partial charge in [-0.25, -0.2) is 0 Å². The van der Waals surface area contributed by atoms with Crippen LogP contribution >= 0.6 is 11.8 Å². The molecule has 2 unspecified atom stereocenters. The summed E-state index contributed by atoms with van der Waals surface area (Å²) in [6.45, 7) is 7.17. The minimum absolute atomic E-state index is 0.371. The summed E-state index contributed by atoms with van der Waals surface area (Å²) >= 11 is 2.23. The Hall–Kier alpha value is -0.950. The number of fused-ring (bicyclic) bond motifs is 2. The van der Waals surface area contributed by atoms with Crippen LogP contribution in [0.3, 0.4) is 0 Å². The Labute approximate surface area is 119 Å². The molecule has 1 fully saturated rings. The van der Waals surface area contributed by atoms with Crippen molar-refractivity contribution in [3.8, 4) is 0 Å². The van der Waals surface area contributed by atoms with Gasteiger partial charge in [0.05, 0.1) is 4.75 Å². The first-order valence-corrected chi connectivity index (χ1v) is 8.17. The zero-order valence-corrected chi connectivity index (χ0v) is 12.7. The Kier molecular flexibility index (Phi) is 2.23. The lowest BCUT2D eigenvalue weighted by molar-refractivity contribution is 0.393. The lowest BCUT2D eigenvalue weighted by atomic mass is 9.69. The molecule has 2 aliphatic rings. The molecule has 0 saturated carbocycles. The van der Waals surface area contributed by atoms with E-state index in [0.29, 0.717) is 15.4 Å². The summed E-state index contributed by atoms with van der Waals surface area (Å²) in [5.74, 6) is 0.705. The smallest absolute Gasteiger partial charge is 0.0593 e. The van der Waals surface area contributed by atoms with Crippen LogP contribution in [0.25, 0.3) is 10.8 Å². The summed E-state index contributed by atoms with van der Waals surface area (Å²) in [6.07, 6.45) is 2.53. The van der Waals surface area contributed by atoms with Gasteiger partial charge in [-0.05, 0) is 40.7 Å². The molecule has 1 heterocycles. The van der Waals surface area contributed by atoms with Crippen molar-refractivity contribution >= 4 is 22.5 Å². The highest BCUT2D eigenvalue weighted by molar-refractivity contribution is 8.09. The predicted octanol–water partition coefficient (Wildman–Crippen LogP) is 5.14. The summed E-state index contributed by atoms with van der Waals surface area (Å²) in [5, 5.41) is 2.97. The van der Waals surface area contributed by atoms with Gasteiger partial charge in [-0.3, -0.25) is 0 Å². The van der Waals surface area contributed by atoms with Gasteiger partial charge in [0, 0.05) is 4.75 Å². The van der Waals surface area contributed by atoms with Crippen LogP contribution in [-0.2, 0) is 11.2 Å². The van der Waals surface area contributed by atoms with Crippen molar-refractivity contribution in [1.29, 1.82) is 0 Å².